The third-order valence-corrected chi connectivity index (χ3v) is 3.05. The zero-order chi connectivity index (χ0) is 9.97. The van der Waals surface area contributed by atoms with Gasteiger partial charge in [0.1, 0.15) is 17.0 Å². The van der Waals surface area contributed by atoms with Gasteiger partial charge in [0, 0.05) is 6.20 Å². The molecule has 0 aromatic carbocycles. The Morgan fingerprint density at radius 2 is 2.29 bits per heavy atom. The molecular weight excluding hydrogens is 220 g/mol. The van der Waals surface area contributed by atoms with E-state index < -0.39 is 0 Å². The summed E-state index contributed by atoms with van der Waals surface area (Å²) in [5.74, 6) is 0. The van der Waals surface area contributed by atoms with Gasteiger partial charge in [-0.3, -0.25) is 0 Å². The fourth-order valence-electron chi connectivity index (χ4n) is 0.916. The Kier molecular flexibility index (Phi) is 2.69. The summed E-state index contributed by atoms with van der Waals surface area (Å²) in [4.78, 5) is 7.91. The minimum atomic E-state index is -0.108. The molecule has 14 heavy (non-hydrogen) atoms. The molecule has 0 aliphatic carbocycles. The Morgan fingerprint density at radius 3 is 2.86 bits per heavy atom. The Balaban J connectivity index is 2.34. The fraction of sp³-hybridized carbons (Fsp3) is 0.250. The van der Waals surface area contributed by atoms with Gasteiger partial charge in [-0.05, 0) is 13.0 Å². The second-order valence-electron chi connectivity index (χ2n) is 2.66. The quantitative estimate of drug-likeness (QED) is 0.738. The molecule has 0 radical (unpaired) electrons. The predicted octanol–water partition coefficient (Wildman–Crippen LogP) is 2.29. The van der Waals surface area contributed by atoms with E-state index in [0.717, 1.165) is 15.7 Å². The summed E-state index contributed by atoms with van der Waals surface area (Å²) < 4.78 is 0. The van der Waals surface area contributed by atoms with Crippen LogP contribution >= 0.6 is 22.9 Å². The molecule has 0 spiro atoms. The molecule has 72 valence electrons. The highest BCUT2D eigenvalue weighted by Gasteiger charge is 2.10. The van der Waals surface area contributed by atoms with Crippen LogP contribution in [0.2, 0.25) is 0 Å². The van der Waals surface area contributed by atoms with E-state index >= 15 is 0 Å². The van der Waals surface area contributed by atoms with Gasteiger partial charge in [-0.1, -0.05) is 11.3 Å². The molecule has 2 aromatic heterocycles. The molecule has 0 N–H and O–H groups in total. The van der Waals surface area contributed by atoms with Gasteiger partial charge in [-0.25, -0.2) is 9.97 Å². The van der Waals surface area contributed by atoms with E-state index in [9.17, 15) is 0 Å². The molecule has 0 saturated heterocycles. The number of aromatic nitrogens is 4. The van der Waals surface area contributed by atoms with Crippen molar-refractivity contribution in [2.45, 2.75) is 12.3 Å². The summed E-state index contributed by atoms with van der Waals surface area (Å²) in [5, 5.41) is 9.44. The van der Waals surface area contributed by atoms with Crippen LogP contribution in [0.15, 0.2) is 18.6 Å². The van der Waals surface area contributed by atoms with E-state index in [1.807, 2.05) is 6.92 Å². The number of alkyl halides is 1. The molecule has 0 bridgehead atoms. The Morgan fingerprint density at radius 1 is 1.43 bits per heavy atom. The van der Waals surface area contributed by atoms with Crippen LogP contribution in [0, 0.1) is 0 Å². The van der Waals surface area contributed by atoms with Crippen LogP contribution in [0.25, 0.3) is 10.7 Å². The van der Waals surface area contributed by atoms with Gasteiger partial charge < -0.3 is 0 Å². The van der Waals surface area contributed by atoms with Crippen molar-refractivity contribution >= 4 is 22.9 Å². The van der Waals surface area contributed by atoms with Crippen molar-refractivity contribution in [2.24, 2.45) is 0 Å². The molecule has 2 heterocycles. The Labute approximate surface area is 90.0 Å². The summed E-state index contributed by atoms with van der Waals surface area (Å²) in [6, 6.07) is 1.79. The lowest BCUT2D eigenvalue weighted by Crippen LogP contribution is -1.82. The maximum absolute atomic E-state index is 5.88. The average molecular weight is 227 g/mol. The van der Waals surface area contributed by atoms with Crippen molar-refractivity contribution in [1.82, 2.24) is 20.2 Å². The standard InChI is InChI=1S/C8H7ClN4S/c1-5(9)7-12-13-8(14-7)6-2-3-10-4-11-6/h2-5H,1H3. The number of hydrogen-bond donors (Lipinski definition) is 0. The summed E-state index contributed by atoms with van der Waals surface area (Å²) in [5.41, 5.74) is 0.779. The van der Waals surface area contributed by atoms with Gasteiger partial charge in [0.05, 0.1) is 5.38 Å². The summed E-state index contributed by atoms with van der Waals surface area (Å²) in [6.07, 6.45) is 3.16. The molecular formula is C8H7ClN4S. The van der Waals surface area contributed by atoms with Crippen LogP contribution in [-0.4, -0.2) is 20.2 Å². The predicted molar refractivity (Wildman–Crippen MR) is 55.2 cm³/mol. The van der Waals surface area contributed by atoms with E-state index in [4.69, 9.17) is 11.6 Å². The van der Waals surface area contributed by atoms with Gasteiger partial charge in [0.25, 0.3) is 0 Å². The molecule has 1 unspecified atom stereocenters. The molecule has 2 aromatic rings. The van der Waals surface area contributed by atoms with Gasteiger partial charge in [0.2, 0.25) is 0 Å². The van der Waals surface area contributed by atoms with Crippen molar-refractivity contribution in [2.75, 3.05) is 0 Å². The lowest BCUT2D eigenvalue weighted by Gasteiger charge is -1.92. The summed E-state index contributed by atoms with van der Waals surface area (Å²) in [7, 11) is 0. The van der Waals surface area contributed by atoms with Gasteiger partial charge in [-0.15, -0.1) is 21.8 Å². The van der Waals surface area contributed by atoms with E-state index in [-0.39, 0.29) is 5.38 Å². The zero-order valence-corrected chi connectivity index (χ0v) is 8.96. The first kappa shape index (κ1) is 9.48. The first-order valence-electron chi connectivity index (χ1n) is 4.01. The van der Waals surface area contributed by atoms with Crippen LogP contribution in [0.1, 0.15) is 17.3 Å². The Bertz CT molecular complexity index is 414. The third kappa shape index (κ3) is 1.88. The lowest BCUT2D eigenvalue weighted by molar-refractivity contribution is 0.960. The van der Waals surface area contributed by atoms with Gasteiger partial charge in [-0.2, -0.15) is 0 Å². The lowest BCUT2D eigenvalue weighted by atomic mass is 10.4. The molecule has 1 atom stereocenters. The van der Waals surface area contributed by atoms with Gasteiger partial charge >= 0.3 is 0 Å². The first-order chi connectivity index (χ1) is 6.77. The van der Waals surface area contributed by atoms with Crippen molar-refractivity contribution in [3.63, 3.8) is 0 Å². The minimum absolute atomic E-state index is 0.108. The second-order valence-corrected chi connectivity index (χ2v) is 4.32. The van der Waals surface area contributed by atoms with Gasteiger partial charge in [0.15, 0.2) is 5.01 Å². The zero-order valence-electron chi connectivity index (χ0n) is 7.38. The molecule has 0 aliphatic heterocycles. The highest BCUT2D eigenvalue weighted by atomic mass is 35.5. The van der Waals surface area contributed by atoms with E-state index in [1.165, 1.54) is 17.7 Å². The minimum Gasteiger partial charge on any atom is -0.245 e. The first-order valence-corrected chi connectivity index (χ1v) is 5.26. The van der Waals surface area contributed by atoms with E-state index in [0.29, 0.717) is 0 Å². The molecule has 0 fully saturated rings. The van der Waals surface area contributed by atoms with Crippen LogP contribution in [0.4, 0.5) is 0 Å². The van der Waals surface area contributed by atoms with Crippen LogP contribution in [0.5, 0.6) is 0 Å². The van der Waals surface area contributed by atoms with E-state index in [1.54, 1.807) is 12.3 Å². The smallest absolute Gasteiger partial charge is 0.166 e. The molecule has 0 saturated carbocycles. The van der Waals surface area contributed by atoms with Crippen LogP contribution < -0.4 is 0 Å². The maximum Gasteiger partial charge on any atom is 0.166 e. The molecule has 4 nitrogen and oxygen atoms in total. The molecule has 0 amide bonds. The van der Waals surface area contributed by atoms with Crippen molar-refractivity contribution < 1.29 is 0 Å². The Hall–Kier alpha value is -1.07. The number of hydrogen-bond acceptors (Lipinski definition) is 5. The second kappa shape index (κ2) is 3.98. The highest BCUT2D eigenvalue weighted by molar-refractivity contribution is 7.14. The normalized spacial score (nSPS) is 12.7. The van der Waals surface area contributed by atoms with Crippen LogP contribution in [0.3, 0.4) is 0 Å². The largest absolute Gasteiger partial charge is 0.245 e. The SMILES string of the molecule is CC(Cl)c1nnc(-c2ccncn2)s1. The molecule has 2 rings (SSSR count). The third-order valence-electron chi connectivity index (χ3n) is 1.58. The maximum atomic E-state index is 5.88. The number of rotatable bonds is 2. The van der Waals surface area contributed by atoms with Crippen molar-refractivity contribution in [3.05, 3.63) is 23.6 Å². The molecule has 6 heteroatoms. The van der Waals surface area contributed by atoms with Crippen LogP contribution in [-0.2, 0) is 0 Å². The van der Waals surface area contributed by atoms with E-state index in [2.05, 4.69) is 20.2 Å². The average Bonchev–Trinajstić information content (AvgIpc) is 2.68. The van der Waals surface area contributed by atoms with Crippen molar-refractivity contribution in [3.8, 4) is 10.7 Å². The fourth-order valence-corrected chi connectivity index (χ4v) is 1.84. The monoisotopic (exact) mass is 226 g/mol. The topological polar surface area (TPSA) is 51.6 Å². The number of nitrogens with zero attached hydrogens (tertiary/aromatic N) is 4. The number of halogens is 1. The molecule has 0 aliphatic rings. The summed E-state index contributed by atoms with van der Waals surface area (Å²) >= 11 is 7.33. The van der Waals surface area contributed by atoms with Crippen molar-refractivity contribution in [1.29, 1.82) is 0 Å². The summed E-state index contributed by atoms with van der Waals surface area (Å²) in [6.45, 7) is 1.87. The highest BCUT2D eigenvalue weighted by Crippen LogP contribution is 2.27.